The van der Waals surface area contributed by atoms with E-state index in [1.165, 1.54) is 7.11 Å². The van der Waals surface area contributed by atoms with Crippen molar-refractivity contribution in [2.45, 2.75) is 20.0 Å². The maximum Gasteiger partial charge on any atom is 0.384 e. The number of aliphatic hydroxyl groups is 1. The molecule has 0 aromatic heterocycles. The molecule has 0 saturated carbocycles. The molecule has 72 valence electrons. The third kappa shape index (κ3) is 5.05. The second-order valence-electron chi connectivity index (χ2n) is 2.59. The summed E-state index contributed by atoms with van der Waals surface area (Å²) in [5.41, 5.74) is 0. The Morgan fingerprint density at radius 2 is 2.23 bits per heavy atom. The highest BCUT2D eigenvalue weighted by Crippen LogP contribution is 2.02. The molecule has 0 saturated heterocycles. The van der Waals surface area contributed by atoms with Crippen molar-refractivity contribution < 1.29 is 14.6 Å². The summed E-state index contributed by atoms with van der Waals surface area (Å²) in [4.78, 5) is 10.6. The van der Waals surface area contributed by atoms with E-state index in [1.807, 2.05) is 26.0 Å². The van der Waals surface area contributed by atoms with E-state index in [0.717, 1.165) is 0 Å². The maximum absolute atomic E-state index is 10.6. The number of aliphatic hydroxyl groups excluding tert-OH is 1. The molecule has 0 aliphatic carbocycles. The summed E-state index contributed by atoms with van der Waals surface area (Å²) in [7, 11) is 1.25. The normalized spacial score (nSPS) is 14.5. The summed E-state index contributed by atoms with van der Waals surface area (Å²) >= 11 is 0. The molecular weight excluding hydrogens is 168 g/mol. The lowest BCUT2D eigenvalue weighted by atomic mass is 10.1. The van der Waals surface area contributed by atoms with E-state index in [0.29, 0.717) is 0 Å². The monoisotopic (exact) mass is 182 g/mol. The van der Waals surface area contributed by atoms with Crippen molar-refractivity contribution in [3.05, 3.63) is 12.2 Å². The molecule has 3 nitrogen and oxygen atoms in total. The summed E-state index contributed by atoms with van der Waals surface area (Å²) in [5, 5.41) is 9.36. The first-order chi connectivity index (χ1) is 6.11. The van der Waals surface area contributed by atoms with Crippen LogP contribution in [0.15, 0.2) is 12.2 Å². The van der Waals surface area contributed by atoms with Crippen molar-refractivity contribution in [3.8, 4) is 11.8 Å². The summed E-state index contributed by atoms with van der Waals surface area (Å²) in [6, 6.07) is 0. The zero-order valence-electron chi connectivity index (χ0n) is 8.07. The molecule has 2 unspecified atom stereocenters. The van der Waals surface area contributed by atoms with E-state index in [4.69, 9.17) is 0 Å². The molecule has 0 bridgehead atoms. The van der Waals surface area contributed by atoms with Crippen LogP contribution in [0, 0.1) is 17.8 Å². The fraction of sp³-hybridized carbons (Fsp3) is 0.500. The lowest BCUT2D eigenvalue weighted by Crippen LogP contribution is -2.13. The van der Waals surface area contributed by atoms with Crippen molar-refractivity contribution in [3.63, 3.8) is 0 Å². The van der Waals surface area contributed by atoms with Crippen LogP contribution in [0.3, 0.4) is 0 Å². The highest BCUT2D eigenvalue weighted by Gasteiger charge is 2.06. The van der Waals surface area contributed by atoms with Gasteiger partial charge >= 0.3 is 5.97 Å². The molecular formula is C10H14O3. The largest absolute Gasteiger partial charge is 0.459 e. The number of carbonyl (C=O) groups excluding carboxylic acids is 1. The fourth-order valence-electron chi connectivity index (χ4n) is 0.724. The van der Waals surface area contributed by atoms with Gasteiger partial charge in [-0.2, -0.15) is 0 Å². The van der Waals surface area contributed by atoms with Gasteiger partial charge in [-0.3, -0.25) is 0 Å². The van der Waals surface area contributed by atoms with Crippen LogP contribution in [0.4, 0.5) is 0 Å². The van der Waals surface area contributed by atoms with Gasteiger partial charge in [0, 0.05) is 11.8 Å². The van der Waals surface area contributed by atoms with Gasteiger partial charge in [-0.05, 0) is 6.92 Å². The van der Waals surface area contributed by atoms with Crippen molar-refractivity contribution in [1.82, 2.24) is 0 Å². The summed E-state index contributed by atoms with van der Waals surface area (Å²) in [6.07, 6.45) is 2.82. The minimum Gasteiger partial charge on any atom is -0.459 e. The number of rotatable bonds is 2. The van der Waals surface area contributed by atoms with Crippen molar-refractivity contribution in [2.24, 2.45) is 5.92 Å². The van der Waals surface area contributed by atoms with E-state index >= 15 is 0 Å². The van der Waals surface area contributed by atoms with Gasteiger partial charge in [0.15, 0.2) is 0 Å². The van der Waals surface area contributed by atoms with E-state index in [9.17, 15) is 9.90 Å². The molecule has 1 N–H and O–H groups in total. The fourth-order valence-corrected chi connectivity index (χ4v) is 0.724. The number of esters is 1. The standard InChI is InChI=1S/C10H14O3/c1-4-5-8(2)9(11)6-7-10(12)13-3/h4-5,8-9,11H,1-3H3/b5-4+. The number of carbonyl (C=O) groups is 1. The predicted molar refractivity (Wildman–Crippen MR) is 49.8 cm³/mol. The summed E-state index contributed by atoms with van der Waals surface area (Å²) in [6.45, 7) is 3.67. The van der Waals surface area contributed by atoms with Crippen LogP contribution < -0.4 is 0 Å². The second-order valence-corrected chi connectivity index (χ2v) is 2.59. The van der Waals surface area contributed by atoms with E-state index in [1.54, 1.807) is 0 Å². The van der Waals surface area contributed by atoms with Crippen LogP contribution in [0.1, 0.15) is 13.8 Å². The van der Waals surface area contributed by atoms with Crippen LogP contribution in [-0.4, -0.2) is 24.3 Å². The first-order valence-electron chi connectivity index (χ1n) is 4.02. The average Bonchev–Trinajstić information content (AvgIpc) is 2.13. The van der Waals surface area contributed by atoms with E-state index in [-0.39, 0.29) is 5.92 Å². The lowest BCUT2D eigenvalue weighted by Gasteiger charge is -2.07. The first-order valence-corrected chi connectivity index (χ1v) is 4.02. The van der Waals surface area contributed by atoms with Gasteiger partial charge in [-0.1, -0.05) is 25.0 Å². The third-order valence-corrected chi connectivity index (χ3v) is 1.50. The second kappa shape index (κ2) is 6.27. The Morgan fingerprint density at radius 1 is 1.62 bits per heavy atom. The Kier molecular flexibility index (Phi) is 5.66. The number of allylic oxidation sites excluding steroid dienone is 1. The molecule has 0 radical (unpaired) electrons. The average molecular weight is 182 g/mol. The minimum atomic E-state index is -0.824. The van der Waals surface area contributed by atoms with Crippen LogP contribution in [0.2, 0.25) is 0 Å². The molecule has 0 aromatic carbocycles. The highest BCUT2D eigenvalue weighted by molar-refractivity contribution is 5.88. The predicted octanol–water partition coefficient (Wildman–Crippen LogP) is 0.736. The van der Waals surface area contributed by atoms with E-state index in [2.05, 4.69) is 16.6 Å². The summed E-state index contributed by atoms with van der Waals surface area (Å²) in [5.74, 6) is 3.86. The van der Waals surface area contributed by atoms with Gasteiger partial charge in [-0.25, -0.2) is 4.79 Å². The number of hydrogen-bond donors (Lipinski definition) is 1. The Balaban J connectivity index is 4.17. The van der Waals surface area contributed by atoms with Gasteiger partial charge in [0.25, 0.3) is 0 Å². The van der Waals surface area contributed by atoms with Crippen molar-refractivity contribution >= 4 is 5.97 Å². The highest BCUT2D eigenvalue weighted by atomic mass is 16.5. The summed E-state index contributed by atoms with van der Waals surface area (Å²) < 4.78 is 4.30. The van der Waals surface area contributed by atoms with Crippen molar-refractivity contribution in [2.75, 3.05) is 7.11 Å². The van der Waals surface area contributed by atoms with Crippen LogP contribution in [0.25, 0.3) is 0 Å². The zero-order valence-corrected chi connectivity index (χ0v) is 8.07. The Hall–Kier alpha value is -1.27. The zero-order chi connectivity index (χ0) is 10.3. The minimum absolute atomic E-state index is 0.0813. The lowest BCUT2D eigenvalue weighted by molar-refractivity contribution is -0.133. The smallest absolute Gasteiger partial charge is 0.384 e. The number of ether oxygens (including phenoxy) is 1. The van der Waals surface area contributed by atoms with Gasteiger partial charge in [0.1, 0.15) is 6.10 Å². The van der Waals surface area contributed by atoms with Crippen LogP contribution in [-0.2, 0) is 9.53 Å². The molecule has 0 spiro atoms. The molecule has 13 heavy (non-hydrogen) atoms. The number of methoxy groups -OCH3 is 1. The maximum atomic E-state index is 10.6. The molecule has 2 atom stereocenters. The number of hydrogen-bond acceptors (Lipinski definition) is 3. The Morgan fingerprint density at radius 3 is 2.69 bits per heavy atom. The first kappa shape index (κ1) is 11.7. The Bertz CT molecular complexity index is 245. The quantitative estimate of drug-likeness (QED) is 0.296. The van der Waals surface area contributed by atoms with Crippen molar-refractivity contribution in [1.29, 1.82) is 0 Å². The molecule has 0 heterocycles. The molecule has 0 amide bonds. The van der Waals surface area contributed by atoms with Gasteiger partial charge in [-0.15, -0.1) is 0 Å². The van der Waals surface area contributed by atoms with Gasteiger partial charge in [0.2, 0.25) is 0 Å². The molecule has 0 rings (SSSR count). The van der Waals surface area contributed by atoms with Gasteiger partial charge in [0.05, 0.1) is 7.11 Å². The molecule has 0 fully saturated rings. The molecule has 0 aliphatic heterocycles. The van der Waals surface area contributed by atoms with E-state index < -0.39 is 12.1 Å². The molecule has 0 aromatic rings. The van der Waals surface area contributed by atoms with Gasteiger partial charge < -0.3 is 9.84 Å². The SMILES string of the molecule is C/C=C/C(C)C(O)C#CC(=O)OC. The van der Waals surface area contributed by atoms with Crippen LogP contribution in [0.5, 0.6) is 0 Å². The Labute approximate surface area is 78.4 Å². The molecule has 0 aliphatic rings. The van der Waals surface area contributed by atoms with Crippen LogP contribution >= 0.6 is 0 Å². The molecule has 3 heteroatoms. The third-order valence-electron chi connectivity index (χ3n) is 1.50. The topological polar surface area (TPSA) is 46.5 Å².